The number of ether oxygens (including phenoxy) is 1. The minimum Gasteiger partial charge on any atom is -0.465 e. The number of carbonyl (C=O) groups excluding carboxylic acids is 1. The van der Waals surface area contributed by atoms with Crippen molar-refractivity contribution in [3.8, 4) is 0 Å². The molecule has 3 heterocycles. The predicted molar refractivity (Wildman–Crippen MR) is 86.4 cm³/mol. The number of methoxy groups -OCH3 is 1. The van der Waals surface area contributed by atoms with Gasteiger partial charge in [-0.05, 0) is 31.9 Å². The van der Waals surface area contributed by atoms with E-state index in [1.165, 1.54) is 18.4 Å². The highest BCUT2D eigenvalue weighted by molar-refractivity contribution is 7.99. The van der Waals surface area contributed by atoms with E-state index in [1.807, 2.05) is 6.26 Å². The lowest BCUT2D eigenvalue weighted by Crippen LogP contribution is -2.44. The molecule has 3 N–H and O–H groups in total. The average Bonchev–Trinajstić information content (AvgIpc) is 2.92. The number of fused-ring (bicyclic) bond motifs is 2. The van der Waals surface area contributed by atoms with Crippen molar-refractivity contribution in [3.63, 3.8) is 0 Å². The van der Waals surface area contributed by atoms with Gasteiger partial charge in [-0.15, -0.1) is 23.1 Å². The van der Waals surface area contributed by atoms with Crippen LogP contribution in [0.2, 0.25) is 0 Å². The first-order valence-electron chi connectivity index (χ1n) is 7.07. The van der Waals surface area contributed by atoms with Gasteiger partial charge in [-0.25, -0.2) is 4.79 Å². The summed E-state index contributed by atoms with van der Waals surface area (Å²) in [6.45, 7) is 0. The summed E-state index contributed by atoms with van der Waals surface area (Å²) in [5, 5.41) is 11.0. The molecule has 0 aliphatic carbocycles. The molecule has 2 unspecified atom stereocenters. The van der Waals surface area contributed by atoms with Gasteiger partial charge in [0.15, 0.2) is 0 Å². The SMILES string of the molecule is COC(=O)c1sc(N2C3CCC2CC(O)C3)c(SC)c1N. The van der Waals surface area contributed by atoms with Crippen molar-refractivity contribution in [2.24, 2.45) is 0 Å². The fraction of sp³-hybridized carbons (Fsp3) is 0.643. The number of piperidine rings is 1. The molecule has 0 spiro atoms. The molecular formula is C14H20N2O3S2. The van der Waals surface area contributed by atoms with Crippen molar-refractivity contribution in [2.45, 2.75) is 48.8 Å². The molecule has 7 heteroatoms. The Hall–Kier alpha value is -0.920. The number of hydrogen-bond acceptors (Lipinski definition) is 7. The van der Waals surface area contributed by atoms with Crippen LogP contribution in [0.5, 0.6) is 0 Å². The normalized spacial score (nSPS) is 28.0. The van der Waals surface area contributed by atoms with Crippen molar-refractivity contribution < 1.29 is 14.6 Å². The van der Waals surface area contributed by atoms with Crippen molar-refractivity contribution in [1.29, 1.82) is 0 Å². The highest BCUT2D eigenvalue weighted by Crippen LogP contribution is 2.50. The van der Waals surface area contributed by atoms with E-state index in [0.29, 0.717) is 22.6 Å². The standard InChI is InChI=1S/C14H20N2O3S2/c1-19-14(18)12-10(15)11(20-2)13(21-12)16-7-3-4-8(16)6-9(17)5-7/h7-9,17H,3-6,15H2,1-2H3. The number of nitrogen functional groups attached to an aromatic ring is 1. The number of hydrogen-bond donors (Lipinski definition) is 2. The molecule has 0 aromatic carbocycles. The zero-order valence-electron chi connectivity index (χ0n) is 12.2. The molecule has 0 radical (unpaired) electrons. The van der Waals surface area contributed by atoms with E-state index in [9.17, 15) is 9.90 Å². The Morgan fingerprint density at radius 3 is 2.57 bits per heavy atom. The second kappa shape index (κ2) is 5.70. The number of rotatable bonds is 3. The largest absolute Gasteiger partial charge is 0.465 e. The molecule has 1 aromatic heterocycles. The van der Waals surface area contributed by atoms with Gasteiger partial charge in [-0.1, -0.05) is 0 Å². The van der Waals surface area contributed by atoms with Crippen LogP contribution in [0, 0.1) is 0 Å². The fourth-order valence-electron chi connectivity index (χ4n) is 3.51. The summed E-state index contributed by atoms with van der Waals surface area (Å²) >= 11 is 2.99. The molecular weight excluding hydrogens is 308 g/mol. The second-order valence-corrected chi connectivity index (χ2v) is 7.41. The Kier molecular flexibility index (Phi) is 4.07. The zero-order valence-corrected chi connectivity index (χ0v) is 13.8. The summed E-state index contributed by atoms with van der Waals surface area (Å²) in [5.41, 5.74) is 6.68. The van der Waals surface area contributed by atoms with Crippen LogP contribution in [0.15, 0.2) is 4.90 Å². The number of thioether (sulfide) groups is 1. The summed E-state index contributed by atoms with van der Waals surface area (Å²) in [6.07, 6.45) is 5.57. The van der Waals surface area contributed by atoms with Gasteiger partial charge in [-0.3, -0.25) is 0 Å². The van der Waals surface area contributed by atoms with Gasteiger partial charge < -0.3 is 20.5 Å². The van der Waals surface area contributed by atoms with Crippen molar-refractivity contribution in [3.05, 3.63) is 4.88 Å². The molecule has 1 aromatic rings. The summed E-state index contributed by atoms with van der Waals surface area (Å²) in [5.74, 6) is -0.372. The maximum Gasteiger partial charge on any atom is 0.350 e. The number of anilines is 2. The number of nitrogens with two attached hydrogens (primary N) is 1. The van der Waals surface area contributed by atoms with Gasteiger partial charge >= 0.3 is 5.97 Å². The minimum atomic E-state index is -0.372. The zero-order chi connectivity index (χ0) is 15.1. The number of thiophene rings is 1. The second-order valence-electron chi connectivity index (χ2n) is 5.59. The van der Waals surface area contributed by atoms with E-state index in [-0.39, 0.29) is 12.1 Å². The van der Waals surface area contributed by atoms with Crippen LogP contribution in [0.3, 0.4) is 0 Å². The summed E-state index contributed by atoms with van der Waals surface area (Å²) in [4.78, 5) is 15.7. The van der Waals surface area contributed by atoms with Crippen LogP contribution in [0.25, 0.3) is 0 Å². The average molecular weight is 328 g/mol. The minimum absolute atomic E-state index is 0.200. The first-order chi connectivity index (χ1) is 10.1. The fourth-order valence-corrected chi connectivity index (χ4v) is 5.73. The number of aliphatic hydroxyl groups excluding tert-OH is 1. The molecule has 2 saturated heterocycles. The monoisotopic (exact) mass is 328 g/mol. The lowest BCUT2D eigenvalue weighted by atomic mass is 10.0. The van der Waals surface area contributed by atoms with Gasteiger partial charge in [0.2, 0.25) is 0 Å². The van der Waals surface area contributed by atoms with Crippen LogP contribution in [0.1, 0.15) is 35.4 Å². The number of nitrogens with zero attached hydrogens (tertiary/aromatic N) is 1. The lowest BCUT2D eigenvalue weighted by Gasteiger charge is -2.38. The number of esters is 1. The van der Waals surface area contributed by atoms with Crippen LogP contribution in [-0.2, 0) is 4.74 Å². The van der Waals surface area contributed by atoms with Crippen molar-refractivity contribution >= 4 is 39.8 Å². The van der Waals surface area contributed by atoms with Crippen molar-refractivity contribution in [1.82, 2.24) is 0 Å². The first-order valence-corrected chi connectivity index (χ1v) is 9.11. The topological polar surface area (TPSA) is 75.8 Å². The molecule has 3 rings (SSSR count). The Morgan fingerprint density at radius 1 is 1.43 bits per heavy atom. The molecule has 0 amide bonds. The van der Waals surface area contributed by atoms with Crippen LogP contribution < -0.4 is 10.6 Å². The number of carbonyl (C=O) groups is 1. The third-order valence-electron chi connectivity index (χ3n) is 4.40. The molecule has 21 heavy (non-hydrogen) atoms. The summed E-state index contributed by atoms with van der Waals surface area (Å²) in [7, 11) is 1.38. The van der Waals surface area contributed by atoms with Gasteiger partial charge in [0.25, 0.3) is 0 Å². The van der Waals surface area contributed by atoms with Crippen LogP contribution >= 0.6 is 23.1 Å². The van der Waals surface area contributed by atoms with Gasteiger partial charge in [0, 0.05) is 12.1 Å². The van der Waals surface area contributed by atoms with Gasteiger partial charge in [0.1, 0.15) is 9.88 Å². The maximum atomic E-state index is 11.9. The summed E-state index contributed by atoms with van der Waals surface area (Å²) < 4.78 is 4.83. The Balaban J connectivity index is 2.01. The lowest BCUT2D eigenvalue weighted by molar-refractivity contribution is 0.0607. The number of aliphatic hydroxyl groups is 1. The molecule has 2 aliphatic rings. The summed E-state index contributed by atoms with van der Waals surface area (Å²) in [6, 6.07) is 0.710. The van der Waals surface area contributed by atoms with Gasteiger partial charge in [0.05, 0.1) is 23.8 Å². The molecule has 2 aliphatic heterocycles. The molecule has 2 fully saturated rings. The third kappa shape index (κ3) is 2.41. The Morgan fingerprint density at radius 2 is 2.05 bits per heavy atom. The highest BCUT2D eigenvalue weighted by Gasteiger charge is 2.42. The van der Waals surface area contributed by atoms with E-state index < -0.39 is 0 Å². The van der Waals surface area contributed by atoms with Crippen LogP contribution in [0.4, 0.5) is 10.7 Å². The van der Waals surface area contributed by atoms with E-state index >= 15 is 0 Å². The smallest absolute Gasteiger partial charge is 0.350 e. The van der Waals surface area contributed by atoms with Gasteiger partial charge in [-0.2, -0.15) is 0 Å². The maximum absolute atomic E-state index is 11.9. The highest BCUT2D eigenvalue weighted by atomic mass is 32.2. The third-order valence-corrected chi connectivity index (χ3v) is 6.55. The molecule has 2 atom stereocenters. The Labute approximate surface area is 132 Å². The predicted octanol–water partition coefficient (Wildman–Crippen LogP) is 2.33. The van der Waals surface area contributed by atoms with Crippen LogP contribution in [-0.4, -0.2) is 42.6 Å². The van der Waals surface area contributed by atoms with E-state index in [1.54, 1.807) is 11.8 Å². The molecule has 116 valence electrons. The first kappa shape index (κ1) is 15.0. The van der Waals surface area contributed by atoms with E-state index in [0.717, 1.165) is 35.6 Å². The molecule has 5 nitrogen and oxygen atoms in total. The van der Waals surface area contributed by atoms with E-state index in [2.05, 4.69) is 4.90 Å². The van der Waals surface area contributed by atoms with Crippen molar-refractivity contribution in [2.75, 3.05) is 24.0 Å². The molecule has 2 bridgehead atoms. The Bertz CT molecular complexity index is 547. The van der Waals surface area contributed by atoms with E-state index in [4.69, 9.17) is 10.5 Å². The molecule has 0 saturated carbocycles. The quantitative estimate of drug-likeness (QED) is 0.655.